The molecule has 0 spiro atoms. The first-order valence-corrected chi connectivity index (χ1v) is 9.37. The summed E-state index contributed by atoms with van der Waals surface area (Å²) in [5.74, 6) is 0.874. The second-order valence-electron chi connectivity index (χ2n) is 6.32. The molecule has 0 aliphatic carbocycles. The van der Waals surface area contributed by atoms with Gasteiger partial charge in [0.25, 0.3) is 0 Å². The Hall–Kier alpha value is -1.14. The highest BCUT2D eigenvalue weighted by atomic mass is 32.1. The molecule has 1 heterocycles. The molecule has 0 amide bonds. The summed E-state index contributed by atoms with van der Waals surface area (Å²) in [6, 6.07) is 1.18. The largest absolute Gasteiger partial charge is 0.356 e. The summed E-state index contributed by atoms with van der Waals surface area (Å²) < 4.78 is 0. The molecule has 0 aliphatic heterocycles. The standard InChI is InChI=1S/C17H33N5S/c1-13(2)22(14(3)4)11-7-9-19-17(18-6)20-10-8-16-21-12-15(5)23-16/h12-14H,7-11H2,1-6H3,(H2,18,19,20). The summed E-state index contributed by atoms with van der Waals surface area (Å²) in [6.07, 6.45) is 3.98. The second kappa shape index (κ2) is 10.6. The molecular formula is C17H33N5S. The molecule has 1 aromatic rings. The van der Waals surface area contributed by atoms with Crippen LogP contribution in [0.2, 0.25) is 0 Å². The second-order valence-corrected chi connectivity index (χ2v) is 7.64. The SMILES string of the molecule is CN=C(NCCCN(C(C)C)C(C)C)NCCc1ncc(C)s1. The molecule has 0 radical (unpaired) electrons. The van der Waals surface area contributed by atoms with Gasteiger partial charge in [-0.25, -0.2) is 4.98 Å². The van der Waals surface area contributed by atoms with Crippen LogP contribution in [0.3, 0.4) is 0 Å². The molecule has 0 saturated heterocycles. The summed E-state index contributed by atoms with van der Waals surface area (Å²) >= 11 is 1.76. The number of aromatic nitrogens is 1. The molecular weight excluding hydrogens is 306 g/mol. The fourth-order valence-electron chi connectivity index (χ4n) is 2.61. The van der Waals surface area contributed by atoms with Crippen LogP contribution >= 0.6 is 11.3 Å². The zero-order chi connectivity index (χ0) is 17.2. The van der Waals surface area contributed by atoms with Crippen molar-refractivity contribution < 1.29 is 0 Å². The average Bonchev–Trinajstić information content (AvgIpc) is 2.89. The molecule has 5 nitrogen and oxygen atoms in total. The monoisotopic (exact) mass is 339 g/mol. The first kappa shape index (κ1) is 19.9. The van der Waals surface area contributed by atoms with Crippen LogP contribution in [0, 0.1) is 6.92 Å². The van der Waals surface area contributed by atoms with Crippen molar-refractivity contribution in [3.63, 3.8) is 0 Å². The van der Waals surface area contributed by atoms with E-state index in [-0.39, 0.29) is 0 Å². The van der Waals surface area contributed by atoms with Crippen molar-refractivity contribution in [2.75, 3.05) is 26.7 Å². The zero-order valence-electron chi connectivity index (χ0n) is 15.5. The summed E-state index contributed by atoms with van der Waals surface area (Å²) in [7, 11) is 1.82. The maximum atomic E-state index is 4.38. The maximum absolute atomic E-state index is 4.38. The molecule has 6 heteroatoms. The fraction of sp³-hybridized carbons (Fsp3) is 0.765. The number of thiazole rings is 1. The minimum Gasteiger partial charge on any atom is -0.356 e. The molecule has 0 aromatic carbocycles. The highest BCUT2D eigenvalue weighted by Crippen LogP contribution is 2.10. The van der Waals surface area contributed by atoms with Gasteiger partial charge in [0.1, 0.15) is 0 Å². The third-order valence-electron chi connectivity index (χ3n) is 3.74. The molecule has 0 atom stereocenters. The van der Waals surface area contributed by atoms with Crippen molar-refractivity contribution in [1.29, 1.82) is 0 Å². The molecule has 2 N–H and O–H groups in total. The fourth-order valence-corrected chi connectivity index (χ4v) is 3.39. The Morgan fingerprint density at radius 2 is 1.87 bits per heavy atom. The lowest BCUT2D eigenvalue weighted by Crippen LogP contribution is -2.41. The van der Waals surface area contributed by atoms with E-state index in [2.05, 4.69) is 60.1 Å². The Bertz CT molecular complexity index is 459. The quantitative estimate of drug-likeness (QED) is 0.413. The van der Waals surface area contributed by atoms with Gasteiger partial charge in [-0.15, -0.1) is 11.3 Å². The summed E-state index contributed by atoms with van der Waals surface area (Å²) in [5.41, 5.74) is 0. The van der Waals surface area contributed by atoms with Crippen molar-refractivity contribution in [1.82, 2.24) is 20.5 Å². The van der Waals surface area contributed by atoms with Crippen LogP contribution in [0.4, 0.5) is 0 Å². The van der Waals surface area contributed by atoms with E-state index in [0.29, 0.717) is 12.1 Å². The van der Waals surface area contributed by atoms with Crippen molar-refractivity contribution >= 4 is 17.3 Å². The first-order chi connectivity index (χ1) is 10.9. The van der Waals surface area contributed by atoms with Gasteiger partial charge in [0.15, 0.2) is 5.96 Å². The molecule has 0 saturated carbocycles. The summed E-state index contributed by atoms with van der Waals surface area (Å²) in [5, 5.41) is 7.92. The van der Waals surface area contributed by atoms with E-state index in [4.69, 9.17) is 0 Å². The van der Waals surface area contributed by atoms with Crippen molar-refractivity contribution in [3.05, 3.63) is 16.1 Å². The molecule has 1 aromatic heterocycles. The lowest BCUT2D eigenvalue weighted by atomic mass is 10.2. The predicted octanol–water partition coefficient (Wildman–Crippen LogP) is 2.67. The highest BCUT2D eigenvalue weighted by molar-refractivity contribution is 7.11. The summed E-state index contributed by atoms with van der Waals surface area (Å²) in [4.78, 5) is 12.4. The normalized spacial score (nSPS) is 12.5. The number of guanidine groups is 1. The number of nitrogens with one attached hydrogen (secondary N) is 2. The van der Waals surface area contributed by atoms with Gasteiger partial charge in [-0.1, -0.05) is 0 Å². The highest BCUT2D eigenvalue weighted by Gasteiger charge is 2.12. The Labute approximate surface area is 145 Å². The van der Waals surface area contributed by atoms with Crippen LogP contribution in [-0.4, -0.2) is 54.6 Å². The third-order valence-corrected chi connectivity index (χ3v) is 4.71. The molecule has 0 unspecified atom stereocenters. The molecule has 0 bridgehead atoms. The van der Waals surface area contributed by atoms with Gasteiger partial charge in [0.2, 0.25) is 0 Å². The van der Waals surface area contributed by atoms with E-state index in [1.807, 2.05) is 13.2 Å². The Kier molecular flexibility index (Phi) is 9.17. The van der Waals surface area contributed by atoms with Crippen molar-refractivity contribution in [2.24, 2.45) is 4.99 Å². The van der Waals surface area contributed by atoms with E-state index in [9.17, 15) is 0 Å². The van der Waals surface area contributed by atoms with Gasteiger partial charge in [0, 0.05) is 56.3 Å². The van der Waals surface area contributed by atoms with E-state index in [1.165, 1.54) is 9.88 Å². The number of rotatable bonds is 9. The topological polar surface area (TPSA) is 52.6 Å². The molecule has 132 valence electrons. The maximum Gasteiger partial charge on any atom is 0.190 e. The number of aliphatic imine (C=N–C) groups is 1. The predicted molar refractivity (Wildman–Crippen MR) is 102 cm³/mol. The molecule has 0 fully saturated rings. The third kappa shape index (κ3) is 7.79. The minimum absolute atomic E-state index is 0.592. The number of hydrogen-bond donors (Lipinski definition) is 2. The van der Waals surface area contributed by atoms with Gasteiger partial charge in [-0.3, -0.25) is 9.89 Å². The van der Waals surface area contributed by atoms with Gasteiger partial charge in [-0.05, 0) is 41.0 Å². The van der Waals surface area contributed by atoms with Crippen LogP contribution in [-0.2, 0) is 6.42 Å². The smallest absolute Gasteiger partial charge is 0.190 e. The first-order valence-electron chi connectivity index (χ1n) is 8.55. The van der Waals surface area contributed by atoms with Crippen molar-refractivity contribution in [2.45, 2.75) is 59.5 Å². The number of aryl methyl sites for hydroxylation is 1. The Morgan fingerprint density at radius 3 is 2.39 bits per heavy atom. The van der Waals surface area contributed by atoms with Crippen LogP contribution < -0.4 is 10.6 Å². The molecule has 23 heavy (non-hydrogen) atoms. The van der Waals surface area contributed by atoms with Crippen LogP contribution in [0.15, 0.2) is 11.2 Å². The molecule has 1 rings (SSSR count). The van der Waals surface area contributed by atoms with Crippen molar-refractivity contribution in [3.8, 4) is 0 Å². The Balaban J connectivity index is 2.21. The van der Waals surface area contributed by atoms with Gasteiger partial charge >= 0.3 is 0 Å². The molecule has 0 aliphatic rings. The number of nitrogens with zero attached hydrogens (tertiary/aromatic N) is 3. The van der Waals surface area contributed by atoms with Crippen LogP contribution in [0.1, 0.15) is 44.0 Å². The lowest BCUT2D eigenvalue weighted by molar-refractivity contribution is 0.173. The van der Waals surface area contributed by atoms with Gasteiger partial charge < -0.3 is 10.6 Å². The lowest BCUT2D eigenvalue weighted by Gasteiger charge is -2.30. The average molecular weight is 340 g/mol. The van der Waals surface area contributed by atoms with Crippen LogP contribution in [0.25, 0.3) is 0 Å². The Morgan fingerprint density at radius 1 is 1.22 bits per heavy atom. The van der Waals surface area contributed by atoms with E-state index in [1.54, 1.807) is 11.3 Å². The zero-order valence-corrected chi connectivity index (χ0v) is 16.3. The van der Waals surface area contributed by atoms with E-state index >= 15 is 0 Å². The van der Waals surface area contributed by atoms with Crippen LogP contribution in [0.5, 0.6) is 0 Å². The number of hydrogen-bond acceptors (Lipinski definition) is 4. The summed E-state index contributed by atoms with van der Waals surface area (Å²) in [6.45, 7) is 14.0. The van der Waals surface area contributed by atoms with Gasteiger partial charge in [0.05, 0.1) is 5.01 Å². The van der Waals surface area contributed by atoms with E-state index < -0.39 is 0 Å². The van der Waals surface area contributed by atoms with Gasteiger partial charge in [-0.2, -0.15) is 0 Å². The van der Waals surface area contributed by atoms with E-state index in [0.717, 1.165) is 38.4 Å². The minimum atomic E-state index is 0.592.